The lowest BCUT2D eigenvalue weighted by Crippen LogP contribution is -2.21. The van der Waals surface area contributed by atoms with Gasteiger partial charge in [-0.2, -0.15) is 0 Å². The van der Waals surface area contributed by atoms with Crippen LogP contribution in [0.1, 0.15) is 6.92 Å². The summed E-state index contributed by atoms with van der Waals surface area (Å²) in [5.74, 6) is 0.907. The number of phenolic OH excluding ortho intramolecular Hbond substituents is 1. The third kappa shape index (κ3) is 3.55. The predicted octanol–water partition coefficient (Wildman–Crippen LogP) is 2.53. The van der Waals surface area contributed by atoms with Gasteiger partial charge in [-0.3, -0.25) is 0 Å². The van der Waals surface area contributed by atoms with Gasteiger partial charge in [0.25, 0.3) is 0 Å². The molecule has 78 valence electrons. The Bertz CT molecular complexity index is 261. The molecule has 14 heavy (non-hydrogen) atoms. The molecule has 3 nitrogen and oxygen atoms in total. The molecule has 1 unspecified atom stereocenters. The summed E-state index contributed by atoms with van der Waals surface area (Å²) in [6.07, 6.45) is -0.287. The van der Waals surface area contributed by atoms with Gasteiger partial charge < -0.3 is 14.6 Å². The lowest BCUT2D eigenvalue weighted by molar-refractivity contribution is -0.0569. The maximum atomic E-state index is 9.06. The first-order chi connectivity index (χ1) is 6.76. The van der Waals surface area contributed by atoms with Gasteiger partial charge in [-0.15, -0.1) is 0 Å². The van der Waals surface area contributed by atoms with Crippen LogP contribution in [0, 0.1) is 0 Å². The van der Waals surface area contributed by atoms with Crippen LogP contribution in [0.4, 0.5) is 0 Å². The minimum Gasteiger partial charge on any atom is -0.508 e. The molecule has 0 spiro atoms. The number of rotatable bonds is 5. The van der Waals surface area contributed by atoms with Crippen LogP contribution >= 0.6 is 15.9 Å². The van der Waals surface area contributed by atoms with Crippen molar-refractivity contribution in [2.24, 2.45) is 0 Å². The van der Waals surface area contributed by atoms with Crippen LogP contribution in [-0.2, 0) is 4.74 Å². The summed E-state index contributed by atoms with van der Waals surface area (Å²) in [5.41, 5.74) is 0. The molecule has 0 heterocycles. The van der Waals surface area contributed by atoms with E-state index in [9.17, 15) is 0 Å². The average Bonchev–Trinajstić information content (AvgIpc) is 2.20. The molecule has 4 heteroatoms. The van der Waals surface area contributed by atoms with E-state index in [-0.39, 0.29) is 12.0 Å². The summed E-state index contributed by atoms with van der Waals surface area (Å²) in [7, 11) is 0. The molecule has 1 rings (SSSR count). The number of phenols is 1. The number of hydrogen-bond acceptors (Lipinski definition) is 3. The number of aromatic hydroxyl groups is 1. The smallest absolute Gasteiger partial charge is 0.209 e. The summed E-state index contributed by atoms with van der Waals surface area (Å²) < 4.78 is 10.8. The van der Waals surface area contributed by atoms with E-state index in [1.165, 1.54) is 0 Å². The van der Waals surface area contributed by atoms with Crippen LogP contribution in [0.25, 0.3) is 0 Å². The molecule has 0 radical (unpaired) electrons. The van der Waals surface area contributed by atoms with Crippen LogP contribution in [0.3, 0.4) is 0 Å². The Morgan fingerprint density at radius 1 is 1.36 bits per heavy atom. The van der Waals surface area contributed by atoms with Crippen molar-refractivity contribution in [2.45, 2.75) is 13.2 Å². The Balaban J connectivity index is 2.53. The van der Waals surface area contributed by atoms with Crippen molar-refractivity contribution >= 4 is 15.9 Å². The first kappa shape index (κ1) is 11.3. The van der Waals surface area contributed by atoms with Gasteiger partial charge in [0.15, 0.2) is 0 Å². The molecule has 0 aromatic heterocycles. The highest BCUT2D eigenvalue weighted by Crippen LogP contribution is 2.17. The number of benzene rings is 1. The molecule has 0 fully saturated rings. The summed E-state index contributed by atoms with van der Waals surface area (Å²) >= 11 is 3.29. The van der Waals surface area contributed by atoms with Crippen LogP contribution in [-0.4, -0.2) is 23.3 Å². The van der Waals surface area contributed by atoms with E-state index >= 15 is 0 Å². The number of alkyl halides is 1. The Hall–Kier alpha value is -0.740. The number of halogens is 1. The summed E-state index contributed by atoms with van der Waals surface area (Å²) in [5, 5.41) is 9.67. The fourth-order valence-electron chi connectivity index (χ4n) is 0.972. The maximum absolute atomic E-state index is 9.06. The molecule has 0 aliphatic rings. The quantitative estimate of drug-likeness (QED) is 0.653. The Morgan fingerprint density at radius 2 is 2.00 bits per heavy atom. The molecule has 0 amide bonds. The molecule has 1 aromatic rings. The van der Waals surface area contributed by atoms with E-state index in [1.807, 2.05) is 6.92 Å². The summed E-state index contributed by atoms with van der Waals surface area (Å²) in [6, 6.07) is 6.55. The number of ether oxygens (including phenoxy) is 2. The summed E-state index contributed by atoms with van der Waals surface area (Å²) in [6.45, 7) is 2.52. The molecule has 1 aromatic carbocycles. The van der Waals surface area contributed by atoms with E-state index < -0.39 is 0 Å². The van der Waals surface area contributed by atoms with E-state index in [4.69, 9.17) is 14.6 Å². The van der Waals surface area contributed by atoms with Crippen molar-refractivity contribution in [3.63, 3.8) is 0 Å². The molecular weight excluding hydrogens is 248 g/mol. The highest BCUT2D eigenvalue weighted by molar-refractivity contribution is 9.09. The lowest BCUT2D eigenvalue weighted by atomic mass is 10.3. The van der Waals surface area contributed by atoms with Gasteiger partial charge in [0.05, 0.1) is 5.33 Å². The van der Waals surface area contributed by atoms with Crippen LogP contribution in [0.15, 0.2) is 24.3 Å². The highest BCUT2D eigenvalue weighted by Gasteiger charge is 2.07. The van der Waals surface area contributed by atoms with Crippen molar-refractivity contribution in [3.05, 3.63) is 24.3 Å². The number of hydrogen-bond donors (Lipinski definition) is 1. The SMILES string of the molecule is CCOC(CBr)Oc1ccc(O)cc1. The molecule has 0 saturated heterocycles. The second kappa shape index (κ2) is 5.88. The third-order valence-electron chi connectivity index (χ3n) is 1.58. The van der Waals surface area contributed by atoms with E-state index in [0.717, 1.165) is 0 Å². The maximum Gasteiger partial charge on any atom is 0.209 e. The monoisotopic (exact) mass is 260 g/mol. The Morgan fingerprint density at radius 3 is 2.50 bits per heavy atom. The van der Waals surface area contributed by atoms with Gasteiger partial charge in [0.1, 0.15) is 11.5 Å². The van der Waals surface area contributed by atoms with Crippen LogP contribution in [0.5, 0.6) is 11.5 Å². The van der Waals surface area contributed by atoms with Gasteiger partial charge >= 0.3 is 0 Å². The van der Waals surface area contributed by atoms with E-state index in [1.54, 1.807) is 24.3 Å². The predicted molar refractivity (Wildman–Crippen MR) is 57.9 cm³/mol. The lowest BCUT2D eigenvalue weighted by Gasteiger charge is -2.16. The van der Waals surface area contributed by atoms with Gasteiger partial charge in [-0.1, -0.05) is 15.9 Å². The van der Waals surface area contributed by atoms with Gasteiger partial charge in [0.2, 0.25) is 6.29 Å². The minimum atomic E-state index is -0.287. The van der Waals surface area contributed by atoms with Crippen molar-refractivity contribution in [3.8, 4) is 11.5 Å². The first-order valence-electron chi connectivity index (χ1n) is 4.39. The fraction of sp³-hybridized carbons (Fsp3) is 0.400. The van der Waals surface area contributed by atoms with Crippen molar-refractivity contribution < 1.29 is 14.6 Å². The zero-order chi connectivity index (χ0) is 10.4. The largest absolute Gasteiger partial charge is 0.508 e. The van der Waals surface area contributed by atoms with Gasteiger partial charge in [-0.25, -0.2) is 0 Å². The molecule has 1 atom stereocenters. The second-order valence-corrected chi connectivity index (χ2v) is 3.30. The average molecular weight is 261 g/mol. The van der Waals surface area contributed by atoms with E-state index in [0.29, 0.717) is 17.7 Å². The van der Waals surface area contributed by atoms with Gasteiger partial charge in [0, 0.05) is 6.61 Å². The summed E-state index contributed by atoms with van der Waals surface area (Å²) in [4.78, 5) is 0. The van der Waals surface area contributed by atoms with Crippen LogP contribution < -0.4 is 4.74 Å². The van der Waals surface area contributed by atoms with Crippen LogP contribution in [0.2, 0.25) is 0 Å². The van der Waals surface area contributed by atoms with Gasteiger partial charge in [-0.05, 0) is 31.2 Å². The highest BCUT2D eigenvalue weighted by atomic mass is 79.9. The molecule has 1 N–H and O–H groups in total. The second-order valence-electron chi connectivity index (χ2n) is 2.65. The molecule has 0 aliphatic carbocycles. The van der Waals surface area contributed by atoms with Crippen molar-refractivity contribution in [2.75, 3.05) is 11.9 Å². The Kier molecular flexibility index (Phi) is 4.76. The zero-order valence-electron chi connectivity index (χ0n) is 7.94. The molecule has 0 bridgehead atoms. The van der Waals surface area contributed by atoms with E-state index in [2.05, 4.69) is 15.9 Å². The molecular formula is C10H13BrO3. The third-order valence-corrected chi connectivity index (χ3v) is 2.11. The minimum absolute atomic E-state index is 0.226. The zero-order valence-corrected chi connectivity index (χ0v) is 9.53. The molecule has 0 saturated carbocycles. The molecule has 0 aliphatic heterocycles. The normalized spacial score (nSPS) is 12.4. The first-order valence-corrected chi connectivity index (χ1v) is 5.51. The van der Waals surface area contributed by atoms with Crippen molar-refractivity contribution in [1.82, 2.24) is 0 Å². The Labute approximate surface area is 91.8 Å². The topological polar surface area (TPSA) is 38.7 Å². The fourth-order valence-corrected chi connectivity index (χ4v) is 1.29. The standard InChI is InChI=1S/C10H13BrO3/c1-2-13-10(7-11)14-9-5-3-8(12)4-6-9/h3-6,10,12H,2,7H2,1H3. The van der Waals surface area contributed by atoms with Crippen molar-refractivity contribution in [1.29, 1.82) is 0 Å².